The molecule has 0 radical (unpaired) electrons. The third-order valence-electron chi connectivity index (χ3n) is 2.31. The molecule has 0 aliphatic heterocycles. The Kier molecular flexibility index (Phi) is 4.11. The van der Waals surface area contributed by atoms with Crippen LogP contribution in [0.1, 0.15) is 12.6 Å². The highest BCUT2D eigenvalue weighted by atomic mass is 35.5. The summed E-state index contributed by atoms with van der Waals surface area (Å²) >= 11 is 6.03. The van der Waals surface area contributed by atoms with Crippen molar-refractivity contribution in [2.45, 2.75) is 24.0 Å². The summed E-state index contributed by atoms with van der Waals surface area (Å²) in [6, 6.07) is 5.51. The number of nitrogens with zero attached hydrogens (tertiary/aromatic N) is 1. The van der Waals surface area contributed by atoms with Crippen molar-refractivity contribution in [3.05, 3.63) is 30.1 Å². The minimum atomic E-state index is -3.08. The lowest BCUT2D eigenvalue weighted by atomic mass is 10.2. The maximum atomic E-state index is 11.3. The van der Waals surface area contributed by atoms with Crippen LogP contribution < -0.4 is 0 Å². The lowest BCUT2D eigenvalue weighted by Gasteiger charge is -2.15. The number of hydrogen-bond donors (Lipinski definition) is 0. The minimum Gasteiger partial charge on any atom is -0.261 e. The number of aromatic nitrogens is 1. The zero-order chi connectivity index (χ0) is 11.5. The molecule has 0 aliphatic rings. The summed E-state index contributed by atoms with van der Waals surface area (Å²) in [4.78, 5) is 4.10. The molecule has 0 amide bonds. The first-order chi connectivity index (χ1) is 6.91. The second-order valence-electron chi connectivity index (χ2n) is 3.58. The third kappa shape index (κ3) is 3.80. The Morgan fingerprint density at radius 3 is 2.60 bits per heavy atom. The number of halogens is 1. The van der Waals surface area contributed by atoms with Gasteiger partial charge in [-0.25, -0.2) is 8.42 Å². The predicted molar refractivity (Wildman–Crippen MR) is 61.9 cm³/mol. The van der Waals surface area contributed by atoms with E-state index >= 15 is 0 Å². The third-order valence-corrected chi connectivity index (χ3v) is 4.68. The number of sulfone groups is 1. The molecule has 1 rings (SSSR count). The summed E-state index contributed by atoms with van der Waals surface area (Å²) < 4.78 is 22.5. The largest absolute Gasteiger partial charge is 0.261 e. The molecular weight excluding hydrogens is 234 g/mol. The Labute approximate surface area is 95.4 Å². The smallest absolute Gasteiger partial charge is 0.151 e. The van der Waals surface area contributed by atoms with Gasteiger partial charge in [-0.2, -0.15) is 0 Å². The summed E-state index contributed by atoms with van der Waals surface area (Å²) in [6.07, 6.45) is 3.34. The molecule has 1 heterocycles. The van der Waals surface area contributed by atoms with Crippen molar-refractivity contribution < 1.29 is 8.42 Å². The highest BCUT2D eigenvalue weighted by molar-refractivity contribution is 7.91. The van der Waals surface area contributed by atoms with Crippen molar-refractivity contribution in [1.29, 1.82) is 0 Å². The van der Waals surface area contributed by atoms with E-state index in [9.17, 15) is 8.42 Å². The Morgan fingerprint density at radius 2 is 2.13 bits per heavy atom. The van der Waals surface area contributed by atoms with Gasteiger partial charge in [0.05, 0.1) is 10.6 Å². The molecule has 0 aliphatic carbocycles. The van der Waals surface area contributed by atoms with Crippen LogP contribution in [0, 0.1) is 0 Å². The van der Waals surface area contributed by atoms with Crippen molar-refractivity contribution in [1.82, 2.24) is 4.98 Å². The van der Waals surface area contributed by atoms with Crippen LogP contribution in [0.2, 0.25) is 0 Å². The number of alkyl halides is 1. The van der Waals surface area contributed by atoms with Crippen LogP contribution in [0.5, 0.6) is 0 Å². The fourth-order valence-corrected chi connectivity index (χ4v) is 2.50. The van der Waals surface area contributed by atoms with Gasteiger partial charge in [0.2, 0.25) is 0 Å². The molecule has 0 saturated carbocycles. The van der Waals surface area contributed by atoms with Crippen LogP contribution in [0.15, 0.2) is 24.4 Å². The number of pyridine rings is 1. The van der Waals surface area contributed by atoms with Crippen LogP contribution in [-0.2, 0) is 16.3 Å². The standard InChI is InChI=1S/C10H14ClNO2S/c1-8(15(2,13)14)10(11)7-9-5-3-4-6-12-9/h3-6,8,10H,7H2,1-2H3. The van der Waals surface area contributed by atoms with E-state index < -0.39 is 20.5 Å². The van der Waals surface area contributed by atoms with Gasteiger partial charge in [-0.15, -0.1) is 11.6 Å². The second kappa shape index (κ2) is 4.94. The second-order valence-corrected chi connectivity index (χ2v) is 6.54. The van der Waals surface area contributed by atoms with Crippen molar-refractivity contribution in [3.63, 3.8) is 0 Å². The lowest BCUT2D eigenvalue weighted by molar-refractivity contribution is 0.584. The van der Waals surface area contributed by atoms with Gasteiger partial charge in [-0.1, -0.05) is 6.07 Å². The van der Waals surface area contributed by atoms with Gasteiger partial charge in [0, 0.05) is 24.6 Å². The van der Waals surface area contributed by atoms with Crippen molar-refractivity contribution in [2.24, 2.45) is 0 Å². The Hall–Kier alpha value is -0.610. The van der Waals surface area contributed by atoms with Crippen LogP contribution in [-0.4, -0.2) is 30.3 Å². The topological polar surface area (TPSA) is 47.0 Å². The molecule has 0 fully saturated rings. The van der Waals surface area contributed by atoms with E-state index in [0.29, 0.717) is 6.42 Å². The van der Waals surface area contributed by atoms with Gasteiger partial charge >= 0.3 is 0 Å². The zero-order valence-corrected chi connectivity index (χ0v) is 10.3. The average molecular weight is 248 g/mol. The van der Waals surface area contributed by atoms with Crippen molar-refractivity contribution >= 4 is 21.4 Å². The van der Waals surface area contributed by atoms with Gasteiger partial charge in [0.15, 0.2) is 9.84 Å². The van der Waals surface area contributed by atoms with Gasteiger partial charge in [0.25, 0.3) is 0 Å². The van der Waals surface area contributed by atoms with Gasteiger partial charge in [-0.05, 0) is 19.1 Å². The fraction of sp³-hybridized carbons (Fsp3) is 0.500. The van der Waals surface area contributed by atoms with Gasteiger partial charge in [-0.3, -0.25) is 4.98 Å². The van der Waals surface area contributed by atoms with E-state index in [1.165, 1.54) is 6.26 Å². The van der Waals surface area contributed by atoms with Gasteiger partial charge in [0.1, 0.15) is 0 Å². The first-order valence-electron chi connectivity index (χ1n) is 4.64. The van der Waals surface area contributed by atoms with Crippen LogP contribution in [0.25, 0.3) is 0 Å². The Bertz CT molecular complexity index is 405. The normalized spacial score (nSPS) is 15.9. The Balaban J connectivity index is 2.68. The summed E-state index contributed by atoms with van der Waals surface area (Å²) in [5.41, 5.74) is 0.813. The Morgan fingerprint density at radius 1 is 1.47 bits per heavy atom. The molecule has 15 heavy (non-hydrogen) atoms. The molecule has 5 heteroatoms. The SMILES string of the molecule is CC(C(Cl)Cc1ccccn1)S(C)(=O)=O. The molecule has 1 aromatic rings. The molecule has 0 bridgehead atoms. The molecule has 0 saturated heterocycles. The lowest BCUT2D eigenvalue weighted by Crippen LogP contribution is -2.28. The maximum Gasteiger partial charge on any atom is 0.151 e. The highest BCUT2D eigenvalue weighted by Crippen LogP contribution is 2.15. The van der Waals surface area contributed by atoms with Gasteiger partial charge < -0.3 is 0 Å². The van der Waals surface area contributed by atoms with Crippen LogP contribution >= 0.6 is 11.6 Å². The van der Waals surface area contributed by atoms with Crippen molar-refractivity contribution in [3.8, 4) is 0 Å². The molecule has 0 aromatic carbocycles. The zero-order valence-electron chi connectivity index (χ0n) is 8.72. The van der Waals surface area contributed by atoms with E-state index in [2.05, 4.69) is 4.98 Å². The fourth-order valence-electron chi connectivity index (χ4n) is 1.15. The minimum absolute atomic E-state index is 0.435. The highest BCUT2D eigenvalue weighted by Gasteiger charge is 2.24. The number of rotatable bonds is 4. The van der Waals surface area contributed by atoms with E-state index in [-0.39, 0.29) is 0 Å². The molecule has 2 unspecified atom stereocenters. The molecule has 0 N–H and O–H groups in total. The van der Waals surface area contributed by atoms with Crippen LogP contribution in [0.4, 0.5) is 0 Å². The summed E-state index contributed by atoms with van der Waals surface area (Å²) in [5, 5.41) is -0.990. The van der Waals surface area contributed by atoms with Crippen LogP contribution in [0.3, 0.4) is 0 Å². The molecular formula is C10H14ClNO2S. The monoisotopic (exact) mass is 247 g/mol. The molecule has 2 atom stereocenters. The molecule has 1 aromatic heterocycles. The van der Waals surface area contributed by atoms with E-state index in [1.807, 2.05) is 18.2 Å². The predicted octanol–water partition coefficient (Wildman–Crippen LogP) is 1.66. The summed E-state index contributed by atoms with van der Waals surface area (Å²) in [6.45, 7) is 1.62. The maximum absolute atomic E-state index is 11.3. The first-order valence-corrected chi connectivity index (χ1v) is 7.03. The number of hydrogen-bond acceptors (Lipinski definition) is 3. The summed E-state index contributed by atoms with van der Waals surface area (Å²) in [5.74, 6) is 0. The quantitative estimate of drug-likeness (QED) is 0.761. The van der Waals surface area contributed by atoms with E-state index in [0.717, 1.165) is 5.69 Å². The first kappa shape index (κ1) is 12.5. The van der Waals surface area contributed by atoms with E-state index in [1.54, 1.807) is 13.1 Å². The van der Waals surface area contributed by atoms with Crippen molar-refractivity contribution in [2.75, 3.05) is 6.26 Å². The average Bonchev–Trinajstić information content (AvgIpc) is 2.16. The molecule has 3 nitrogen and oxygen atoms in total. The van der Waals surface area contributed by atoms with E-state index in [4.69, 9.17) is 11.6 Å². The molecule has 84 valence electrons. The summed E-state index contributed by atoms with van der Waals surface area (Å²) in [7, 11) is -3.08. The molecule has 0 spiro atoms.